The third kappa shape index (κ3) is 2.45. The fourth-order valence-electron chi connectivity index (χ4n) is 1.13. The molecule has 0 radical (unpaired) electrons. The second kappa shape index (κ2) is 4.09. The van der Waals surface area contributed by atoms with Crippen molar-refractivity contribution in [3.8, 4) is 5.75 Å². The maximum absolute atomic E-state index is 12.6. The van der Waals surface area contributed by atoms with Crippen LogP contribution in [0, 0.1) is 11.7 Å². The van der Waals surface area contributed by atoms with E-state index < -0.39 is 23.5 Å². The number of aromatic hydroxyl groups is 1. The number of aliphatic carboxylic acids is 1. The molecule has 0 aliphatic carbocycles. The molecule has 0 saturated heterocycles. The van der Waals surface area contributed by atoms with E-state index in [1.165, 1.54) is 12.1 Å². The zero-order valence-corrected chi connectivity index (χ0v) is 7.70. The van der Waals surface area contributed by atoms with E-state index >= 15 is 0 Å². The highest BCUT2D eigenvalue weighted by atomic mass is 19.1. The number of carboxylic acids is 1. The molecule has 0 bridgehead atoms. The molecule has 14 heavy (non-hydrogen) atoms. The lowest BCUT2D eigenvalue weighted by molar-refractivity contribution is -0.141. The average Bonchev–Trinajstić information content (AvgIpc) is 2.11. The smallest absolute Gasteiger partial charge is 0.306 e. The summed E-state index contributed by atoms with van der Waals surface area (Å²) in [5.41, 5.74) is 0.610. The van der Waals surface area contributed by atoms with Crippen LogP contribution >= 0.6 is 0 Å². The Balaban J connectivity index is 2.78. The Morgan fingerprint density at radius 1 is 1.57 bits per heavy atom. The van der Waals surface area contributed by atoms with Crippen LogP contribution < -0.4 is 0 Å². The number of halogens is 1. The van der Waals surface area contributed by atoms with Gasteiger partial charge in [0.25, 0.3) is 0 Å². The third-order valence-corrected chi connectivity index (χ3v) is 1.97. The number of phenols is 1. The minimum atomic E-state index is -0.909. The zero-order valence-electron chi connectivity index (χ0n) is 7.70. The van der Waals surface area contributed by atoms with E-state index in [2.05, 4.69) is 0 Å². The summed E-state index contributed by atoms with van der Waals surface area (Å²) in [7, 11) is 0. The van der Waals surface area contributed by atoms with E-state index in [1.54, 1.807) is 6.92 Å². The molecule has 1 aromatic rings. The molecular formula is C10H11FO3. The number of carboxylic acid groups (broad SMARTS) is 1. The van der Waals surface area contributed by atoms with Gasteiger partial charge in [-0.05, 0) is 24.1 Å². The van der Waals surface area contributed by atoms with Crippen molar-refractivity contribution in [3.05, 3.63) is 29.6 Å². The van der Waals surface area contributed by atoms with Crippen LogP contribution in [0.2, 0.25) is 0 Å². The Morgan fingerprint density at radius 3 is 2.71 bits per heavy atom. The van der Waals surface area contributed by atoms with E-state index in [9.17, 15) is 9.18 Å². The van der Waals surface area contributed by atoms with Crippen molar-refractivity contribution in [1.29, 1.82) is 0 Å². The molecule has 0 aromatic heterocycles. The van der Waals surface area contributed by atoms with Crippen molar-refractivity contribution in [3.63, 3.8) is 0 Å². The van der Waals surface area contributed by atoms with E-state index in [1.807, 2.05) is 0 Å². The first-order chi connectivity index (χ1) is 6.50. The van der Waals surface area contributed by atoms with Crippen LogP contribution in [0.4, 0.5) is 4.39 Å². The third-order valence-electron chi connectivity index (χ3n) is 1.97. The molecule has 0 saturated carbocycles. The standard InChI is InChI=1S/C10H11FO3/c1-6(10(13)14)4-7-2-3-8(11)9(12)5-7/h2-3,5-6,12H,4H2,1H3,(H,13,14). The molecular weight excluding hydrogens is 187 g/mol. The fraction of sp³-hybridized carbons (Fsp3) is 0.300. The van der Waals surface area contributed by atoms with Gasteiger partial charge in [0.1, 0.15) is 0 Å². The van der Waals surface area contributed by atoms with E-state index in [4.69, 9.17) is 10.2 Å². The summed E-state index contributed by atoms with van der Waals surface area (Å²) in [6.45, 7) is 1.56. The summed E-state index contributed by atoms with van der Waals surface area (Å²) in [6.07, 6.45) is 0.281. The van der Waals surface area contributed by atoms with Crippen molar-refractivity contribution < 1.29 is 19.4 Å². The molecule has 76 valence electrons. The monoisotopic (exact) mass is 198 g/mol. The zero-order chi connectivity index (χ0) is 10.7. The van der Waals surface area contributed by atoms with Gasteiger partial charge in [-0.1, -0.05) is 13.0 Å². The molecule has 0 amide bonds. The van der Waals surface area contributed by atoms with Gasteiger partial charge >= 0.3 is 5.97 Å². The van der Waals surface area contributed by atoms with Crippen molar-refractivity contribution in [2.75, 3.05) is 0 Å². The summed E-state index contributed by atoms with van der Waals surface area (Å²) in [4.78, 5) is 10.5. The largest absolute Gasteiger partial charge is 0.505 e. The number of carbonyl (C=O) groups is 1. The quantitative estimate of drug-likeness (QED) is 0.778. The molecule has 0 aliphatic heterocycles. The number of hydrogen-bond donors (Lipinski definition) is 2. The number of hydrogen-bond acceptors (Lipinski definition) is 2. The minimum Gasteiger partial charge on any atom is -0.505 e. The van der Waals surface area contributed by atoms with Crippen LogP contribution in [0.3, 0.4) is 0 Å². The van der Waals surface area contributed by atoms with E-state index in [-0.39, 0.29) is 6.42 Å². The molecule has 1 unspecified atom stereocenters. The van der Waals surface area contributed by atoms with Crippen LogP contribution in [0.5, 0.6) is 5.75 Å². The molecule has 1 rings (SSSR count). The summed E-state index contributed by atoms with van der Waals surface area (Å²) in [5, 5.41) is 17.7. The molecule has 4 heteroatoms. The lowest BCUT2D eigenvalue weighted by Gasteiger charge is -2.06. The molecule has 1 atom stereocenters. The summed E-state index contributed by atoms with van der Waals surface area (Å²) >= 11 is 0. The van der Waals surface area contributed by atoms with Gasteiger partial charge in [0.2, 0.25) is 0 Å². The highest BCUT2D eigenvalue weighted by molar-refractivity contribution is 5.69. The van der Waals surface area contributed by atoms with Crippen molar-refractivity contribution >= 4 is 5.97 Å². The Morgan fingerprint density at radius 2 is 2.21 bits per heavy atom. The second-order valence-electron chi connectivity index (χ2n) is 3.23. The number of benzene rings is 1. The van der Waals surface area contributed by atoms with E-state index in [0.29, 0.717) is 5.56 Å². The van der Waals surface area contributed by atoms with Crippen molar-refractivity contribution in [1.82, 2.24) is 0 Å². The fourth-order valence-corrected chi connectivity index (χ4v) is 1.13. The van der Waals surface area contributed by atoms with Gasteiger partial charge in [-0.15, -0.1) is 0 Å². The van der Waals surface area contributed by atoms with Crippen LogP contribution in [0.25, 0.3) is 0 Å². The van der Waals surface area contributed by atoms with Crippen LogP contribution in [-0.4, -0.2) is 16.2 Å². The first kappa shape index (κ1) is 10.5. The van der Waals surface area contributed by atoms with Crippen molar-refractivity contribution in [2.24, 2.45) is 5.92 Å². The Hall–Kier alpha value is -1.58. The SMILES string of the molecule is CC(Cc1ccc(F)c(O)c1)C(=O)O. The van der Waals surface area contributed by atoms with Gasteiger partial charge in [-0.3, -0.25) is 4.79 Å². The molecule has 0 fully saturated rings. The molecule has 3 nitrogen and oxygen atoms in total. The average molecular weight is 198 g/mol. The van der Waals surface area contributed by atoms with Gasteiger partial charge < -0.3 is 10.2 Å². The number of rotatable bonds is 3. The van der Waals surface area contributed by atoms with E-state index in [0.717, 1.165) is 6.07 Å². The Bertz CT molecular complexity index is 349. The summed E-state index contributed by atoms with van der Waals surface area (Å²) in [5.74, 6) is -2.59. The topological polar surface area (TPSA) is 57.5 Å². The highest BCUT2D eigenvalue weighted by Crippen LogP contribution is 2.18. The minimum absolute atomic E-state index is 0.281. The van der Waals surface area contributed by atoms with Crippen LogP contribution in [0.15, 0.2) is 18.2 Å². The van der Waals surface area contributed by atoms with Crippen LogP contribution in [-0.2, 0) is 11.2 Å². The molecule has 2 N–H and O–H groups in total. The van der Waals surface area contributed by atoms with Gasteiger partial charge in [0, 0.05) is 0 Å². The molecule has 0 aliphatic rings. The Kier molecular flexibility index (Phi) is 3.06. The highest BCUT2D eigenvalue weighted by Gasteiger charge is 2.12. The summed E-state index contributed by atoms with van der Waals surface area (Å²) in [6, 6.07) is 3.84. The number of phenolic OH excluding ortho intramolecular Hbond substituents is 1. The van der Waals surface area contributed by atoms with Gasteiger partial charge in [-0.25, -0.2) is 4.39 Å². The second-order valence-corrected chi connectivity index (χ2v) is 3.23. The van der Waals surface area contributed by atoms with Gasteiger partial charge in [0.15, 0.2) is 11.6 Å². The molecule has 1 aromatic carbocycles. The maximum Gasteiger partial charge on any atom is 0.306 e. The lowest BCUT2D eigenvalue weighted by atomic mass is 10.0. The van der Waals surface area contributed by atoms with Crippen LogP contribution in [0.1, 0.15) is 12.5 Å². The molecule has 0 heterocycles. The Labute approximate surface area is 80.8 Å². The maximum atomic E-state index is 12.6. The lowest BCUT2D eigenvalue weighted by Crippen LogP contribution is -2.12. The normalized spacial score (nSPS) is 12.4. The molecule has 0 spiro atoms. The first-order valence-corrected chi connectivity index (χ1v) is 4.21. The predicted octanol–water partition coefficient (Wildman–Crippen LogP) is 1.79. The first-order valence-electron chi connectivity index (χ1n) is 4.21. The van der Waals surface area contributed by atoms with Crippen molar-refractivity contribution in [2.45, 2.75) is 13.3 Å². The van der Waals surface area contributed by atoms with Gasteiger partial charge in [0.05, 0.1) is 5.92 Å². The predicted molar refractivity (Wildman–Crippen MR) is 48.6 cm³/mol. The van der Waals surface area contributed by atoms with Gasteiger partial charge in [-0.2, -0.15) is 0 Å². The summed E-state index contributed by atoms with van der Waals surface area (Å²) < 4.78 is 12.6.